The maximum atomic E-state index is 9.73. The lowest BCUT2D eigenvalue weighted by Gasteiger charge is -2.18. The van der Waals surface area contributed by atoms with Gasteiger partial charge in [0, 0.05) is 18.9 Å². The molecule has 2 aromatic heterocycles. The monoisotopic (exact) mass is 248 g/mol. The second-order valence-corrected chi connectivity index (χ2v) is 5.50. The van der Waals surface area contributed by atoms with E-state index in [-0.39, 0.29) is 0 Å². The zero-order valence-electron chi connectivity index (χ0n) is 11.3. The summed E-state index contributed by atoms with van der Waals surface area (Å²) in [7, 11) is 0. The molecule has 0 atom stereocenters. The second kappa shape index (κ2) is 4.57. The fourth-order valence-electron chi connectivity index (χ4n) is 1.66. The first-order valence-corrected chi connectivity index (χ1v) is 6.17. The largest absolute Gasteiger partial charge is 0.389 e. The summed E-state index contributed by atoms with van der Waals surface area (Å²) < 4.78 is 1.81. The van der Waals surface area contributed by atoms with Gasteiger partial charge in [0.1, 0.15) is 5.52 Å². The predicted molar refractivity (Wildman–Crippen MR) is 71.9 cm³/mol. The third kappa shape index (κ3) is 2.79. The molecular weight excluding hydrogens is 228 g/mol. The van der Waals surface area contributed by atoms with Crippen LogP contribution < -0.4 is 5.32 Å². The van der Waals surface area contributed by atoms with Crippen molar-refractivity contribution in [2.75, 3.05) is 11.9 Å². The topological polar surface area (TPSA) is 62.5 Å². The number of anilines is 1. The molecule has 0 aliphatic heterocycles. The molecule has 0 aliphatic rings. The average molecular weight is 248 g/mol. The van der Waals surface area contributed by atoms with Crippen LogP contribution in [0.4, 0.5) is 5.82 Å². The van der Waals surface area contributed by atoms with E-state index in [4.69, 9.17) is 0 Å². The summed E-state index contributed by atoms with van der Waals surface area (Å²) in [6.45, 7) is 8.19. The van der Waals surface area contributed by atoms with E-state index in [2.05, 4.69) is 29.2 Å². The Morgan fingerprint density at radius 1 is 1.44 bits per heavy atom. The normalized spacial score (nSPS) is 12.3. The highest BCUT2D eigenvalue weighted by Crippen LogP contribution is 2.20. The third-order valence-electron chi connectivity index (χ3n) is 2.69. The second-order valence-electron chi connectivity index (χ2n) is 5.50. The molecule has 0 spiro atoms. The number of rotatable bonds is 4. The van der Waals surface area contributed by atoms with E-state index in [1.165, 1.54) is 0 Å². The molecule has 0 saturated heterocycles. The minimum absolute atomic E-state index is 0.382. The first-order chi connectivity index (χ1) is 8.37. The smallest absolute Gasteiger partial charge is 0.152 e. The molecule has 18 heavy (non-hydrogen) atoms. The number of hydrogen-bond donors (Lipinski definition) is 2. The van der Waals surface area contributed by atoms with E-state index >= 15 is 0 Å². The van der Waals surface area contributed by atoms with Gasteiger partial charge in [0.2, 0.25) is 0 Å². The number of hydrogen-bond acceptors (Lipinski definition) is 4. The van der Waals surface area contributed by atoms with E-state index in [1.807, 2.05) is 16.8 Å². The van der Waals surface area contributed by atoms with Gasteiger partial charge >= 0.3 is 0 Å². The minimum Gasteiger partial charge on any atom is -0.389 e. The molecule has 2 rings (SSSR count). The Bertz CT molecular complexity index is 539. The summed E-state index contributed by atoms with van der Waals surface area (Å²) in [5, 5.41) is 17.4. The molecule has 0 bridgehead atoms. The summed E-state index contributed by atoms with van der Waals surface area (Å²) >= 11 is 0. The Kier molecular flexibility index (Phi) is 3.26. The molecule has 0 saturated carbocycles. The molecular formula is C13H20N4O. The molecule has 0 amide bonds. The Morgan fingerprint density at radius 2 is 2.17 bits per heavy atom. The van der Waals surface area contributed by atoms with Gasteiger partial charge in [0.25, 0.3) is 0 Å². The Labute approximate surface area is 107 Å². The van der Waals surface area contributed by atoms with E-state index in [1.54, 1.807) is 20.0 Å². The lowest BCUT2D eigenvalue weighted by atomic mass is 10.1. The molecule has 2 aromatic rings. The molecule has 98 valence electrons. The van der Waals surface area contributed by atoms with Crippen molar-refractivity contribution in [1.82, 2.24) is 14.6 Å². The fraction of sp³-hybridized carbons (Fsp3) is 0.538. The molecule has 2 N–H and O–H groups in total. The van der Waals surface area contributed by atoms with Crippen LogP contribution in [0.5, 0.6) is 0 Å². The van der Waals surface area contributed by atoms with Gasteiger partial charge in [-0.25, -0.2) is 9.50 Å². The Balaban J connectivity index is 2.33. The van der Waals surface area contributed by atoms with Crippen molar-refractivity contribution in [3.63, 3.8) is 0 Å². The lowest BCUT2D eigenvalue weighted by molar-refractivity contribution is 0.0944. The number of nitrogens with one attached hydrogen (secondary N) is 1. The van der Waals surface area contributed by atoms with Gasteiger partial charge in [0.15, 0.2) is 5.82 Å². The average Bonchev–Trinajstić information content (AvgIpc) is 2.69. The van der Waals surface area contributed by atoms with Crippen molar-refractivity contribution < 1.29 is 5.11 Å². The SMILES string of the molecule is CC(C)c1cc2c(NCC(C)(C)O)nccn2n1. The summed E-state index contributed by atoms with van der Waals surface area (Å²) in [6, 6.07) is 2.03. The number of nitrogens with zero attached hydrogens (tertiary/aromatic N) is 3. The fourth-order valence-corrected chi connectivity index (χ4v) is 1.66. The van der Waals surface area contributed by atoms with E-state index in [0.717, 1.165) is 17.0 Å². The Hall–Kier alpha value is -1.62. The van der Waals surface area contributed by atoms with Crippen LogP contribution in [0, 0.1) is 0 Å². The predicted octanol–water partition coefficient (Wildman–Crippen LogP) is 2.04. The van der Waals surface area contributed by atoms with Gasteiger partial charge in [0.05, 0.1) is 11.3 Å². The maximum absolute atomic E-state index is 9.73. The van der Waals surface area contributed by atoms with Crippen LogP contribution in [0.15, 0.2) is 18.5 Å². The molecule has 0 fully saturated rings. The van der Waals surface area contributed by atoms with Crippen LogP contribution in [0.3, 0.4) is 0 Å². The summed E-state index contributed by atoms with van der Waals surface area (Å²) in [5.74, 6) is 1.13. The zero-order chi connectivity index (χ0) is 13.3. The highest BCUT2D eigenvalue weighted by Gasteiger charge is 2.14. The maximum Gasteiger partial charge on any atom is 0.152 e. The van der Waals surface area contributed by atoms with Crippen molar-refractivity contribution in [3.05, 3.63) is 24.2 Å². The number of fused-ring (bicyclic) bond motifs is 1. The van der Waals surface area contributed by atoms with Crippen LogP contribution >= 0.6 is 0 Å². The Morgan fingerprint density at radius 3 is 2.78 bits per heavy atom. The molecule has 5 heteroatoms. The van der Waals surface area contributed by atoms with Gasteiger partial charge in [-0.05, 0) is 25.8 Å². The molecule has 0 radical (unpaired) electrons. The van der Waals surface area contributed by atoms with Gasteiger partial charge in [-0.2, -0.15) is 5.10 Å². The highest BCUT2D eigenvalue weighted by atomic mass is 16.3. The van der Waals surface area contributed by atoms with Gasteiger partial charge < -0.3 is 10.4 Å². The first-order valence-electron chi connectivity index (χ1n) is 6.17. The van der Waals surface area contributed by atoms with Crippen molar-refractivity contribution in [2.24, 2.45) is 0 Å². The summed E-state index contributed by atoms with van der Waals surface area (Å²) in [5.41, 5.74) is 1.20. The molecule has 0 unspecified atom stereocenters. The standard InChI is InChI=1S/C13H20N4O/c1-9(2)10-7-11-12(15-8-13(3,4)18)14-5-6-17(11)16-10/h5-7,9,18H,8H2,1-4H3,(H,14,15). The van der Waals surface area contributed by atoms with Crippen molar-refractivity contribution in [1.29, 1.82) is 0 Å². The van der Waals surface area contributed by atoms with Crippen LogP contribution in [-0.2, 0) is 0 Å². The molecule has 5 nitrogen and oxygen atoms in total. The van der Waals surface area contributed by atoms with E-state index < -0.39 is 5.60 Å². The van der Waals surface area contributed by atoms with Crippen LogP contribution in [0.2, 0.25) is 0 Å². The molecule has 2 heterocycles. The zero-order valence-corrected chi connectivity index (χ0v) is 11.3. The molecule has 0 aliphatic carbocycles. The third-order valence-corrected chi connectivity index (χ3v) is 2.69. The minimum atomic E-state index is -0.768. The van der Waals surface area contributed by atoms with Crippen LogP contribution in [-0.4, -0.2) is 31.9 Å². The first kappa shape index (κ1) is 12.8. The van der Waals surface area contributed by atoms with Gasteiger partial charge in [-0.1, -0.05) is 13.8 Å². The molecule has 0 aromatic carbocycles. The van der Waals surface area contributed by atoms with E-state index in [9.17, 15) is 5.11 Å². The van der Waals surface area contributed by atoms with Crippen molar-refractivity contribution in [2.45, 2.75) is 39.2 Å². The highest BCUT2D eigenvalue weighted by molar-refractivity contribution is 5.68. The van der Waals surface area contributed by atoms with Crippen LogP contribution in [0.25, 0.3) is 5.52 Å². The van der Waals surface area contributed by atoms with E-state index in [0.29, 0.717) is 12.5 Å². The summed E-state index contributed by atoms with van der Waals surface area (Å²) in [6.07, 6.45) is 3.54. The number of aromatic nitrogens is 3. The van der Waals surface area contributed by atoms with Gasteiger partial charge in [-0.3, -0.25) is 0 Å². The van der Waals surface area contributed by atoms with Crippen molar-refractivity contribution >= 4 is 11.3 Å². The lowest BCUT2D eigenvalue weighted by Crippen LogP contribution is -2.29. The van der Waals surface area contributed by atoms with Crippen molar-refractivity contribution in [3.8, 4) is 0 Å². The van der Waals surface area contributed by atoms with Gasteiger partial charge in [-0.15, -0.1) is 0 Å². The van der Waals surface area contributed by atoms with Crippen LogP contribution in [0.1, 0.15) is 39.3 Å². The quantitative estimate of drug-likeness (QED) is 0.869. The summed E-state index contributed by atoms with van der Waals surface area (Å²) in [4.78, 5) is 4.30. The number of aliphatic hydroxyl groups is 1.